The summed E-state index contributed by atoms with van der Waals surface area (Å²) >= 11 is 6.38. The number of methoxy groups -OCH3 is 1. The van der Waals surface area contributed by atoms with E-state index in [4.69, 9.17) is 30.2 Å². The number of ether oxygens (including phenoxy) is 3. The number of esters is 1. The lowest BCUT2D eigenvalue weighted by Gasteiger charge is -2.43. The van der Waals surface area contributed by atoms with Crippen LogP contribution in [0.5, 0.6) is 5.88 Å². The Morgan fingerprint density at radius 2 is 1.55 bits per heavy atom. The second-order valence-corrected chi connectivity index (χ2v) is 15.9. The van der Waals surface area contributed by atoms with Crippen molar-refractivity contribution < 1.29 is 23.4 Å². The summed E-state index contributed by atoms with van der Waals surface area (Å²) in [6, 6.07) is 28.1. The van der Waals surface area contributed by atoms with Crippen LogP contribution >= 0.6 is 11.6 Å². The smallest absolute Gasteiger partial charge is 0.349 e. The van der Waals surface area contributed by atoms with E-state index < -0.39 is 20.4 Å². The van der Waals surface area contributed by atoms with Crippen LogP contribution in [0.2, 0.25) is 10.1 Å². The predicted molar refractivity (Wildman–Crippen MR) is 172 cm³/mol. The third-order valence-electron chi connectivity index (χ3n) is 7.36. The zero-order valence-corrected chi connectivity index (χ0v) is 26.9. The molecule has 5 aromatic rings. The van der Waals surface area contributed by atoms with Crippen molar-refractivity contribution in [3.05, 3.63) is 102 Å². The summed E-state index contributed by atoms with van der Waals surface area (Å²) in [6.45, 7) is 7.15. The van der Waals surface area contributed by atoms with Gasteiger partial charge in [-0.1, -0.05) is 105 Å². The maximum atomic E-state index is 12.7. The molecule has 3 aromatic carbocycles. The molecule has 5 rings (SSSR count). The van der Waals surface area contributed by atoms with Crippen LogP contribution in [0.1, 0.15) is 20.8 Å². The minimum atomic E-state index is -2.72. The van der Waals surface area contributed by atoms with Crippen LogP contribution < -0.4 is 15.1 Å². The molecule has 0 aliphatic rings. The van der Waals surface area contributed by atoms with Crippen molar-refractivity contribution >= 4 is 47.3 Å². The van der Waals surface area contributed by atoms with Crippen molar-refractivity contribution in [1.29, 1.82) is 0 Å². The fraction of sp³-hybridized carbons (Fsp3) is 0.273. The van der Waals surface area contributed by atoms with Gasteiger partial charge >= 0.3 is 5.97 Å². The van der Waals surface area contributed by atoms with E-state index >= 15 is 0 Å². The van der Waals surface area contributed by atoms with E-state index in [1.165, 1.54) is 23.8 Å². The van der Waals surface area contributed by atoms with Gasteiger partial charge < -0.3 is 18.6 Å². The van der Waals surface area contributed by atoms with Gasteiger partial charge in [-0.2, -0.15) is 5.10 Å². The SMILES string of the molecule is COC(=O)[C@H](COCCO[Si](c1ccccc1)(c1ccccc1)C(C)(C)C)Oc1ncnc2c1cnn2-c1ccccc1Cl. The molecule has 0 saturated heterocycles. The lowest BCUT2D eigenvalue weighted by atomic mass is 10.2. The molecular weight excluding hydrogens is 596 g/mol. The highest BCUT2D eigenvalue weighted by Gasteiger charge is 2.50. The van der Waals surface area contributed by atoms with Crippen LogP contribution in [-0.2, 0) is 18.7 Å². The molecule has 228 valence electrons. The largest absolute Gasteiger partial charge is 0.466 e. The number of carbonyl (C=O) groups is 1. The number of halogens is 1. The Kier molecular flexibility index (Phi) is 9.75. The molecule has 0 aliphatic heterocycles. The number of aromatic nitrogens is 4. The second kappa shape index (κ2) is 13.7. The molecule has 0 fully saturated rings. The molecule has 44 heavy (non-hydrogen) atoms. The van der Waals surface area contributed by atoms with E-state index in [-0.39, 0.29) is 24.1 Å². The van der Waals surface area contributed by atoms with Gasteiger partial charge in [-0.15, -0.1) is 0 Å². The minimum absolute atomic E-state index is 0.0685. The third kappa shape index (κ3) is 6.39. The number of fused-ring (bicyclic) bond motifs is 1. The van der Waals surface area contributed by atoms with Gasteiger partial charge in [0.15, 0.2) is 5.65 Å². The van der Waals surface area contributed by atoms with Gasteiger partial charge in [0.2, 0.25) is 12.0 Å². The molecule has 11 heteroatoms. The van der Waals surface area contributed by atoms with Crippen LogP contribution in [-0.4, -0.2) is 67.1 Å². The van der Waals surface area contributed by atoms with Gasteiger partial charge in [-0.3, -0.25) is 0 Å². The monoisotopic (exact) mass is 630 g/mol. The zero-order valence-electron chi connectivity index (χ0n) is 25.1. The van der Waals surface area contributed by atoms with E-state index in [1.54, 1.807) is 16.9 Å². The Hall–Kier alpha value is -4.09. The van der Waals surface area contributed by atoms with Crippen LogP contribution in [0.3, 0.4) is 0 Å². The predicted octanol–water partition coefficient (Wildman–Crippen LogP) is 4.98. The van der Waals surface area contributed by atoms with Crippen LogP contribution in [0.25, 0.3) is 16.7 Å². The summed E-state index contributed by atoms with van der Waals surface area (Å²) in [5.74, 6) is -0.418. The fourth-order valence-electron chi connectivity index (χ4n) is 5.34. The van der Waals surface area contributed by atoms with Gasteiger partial charge in [0.25, 0.3) is 8.32 Å². The Morgan fingerprint density at radius 3 is 2.16 bits per heavy atom. The van der Waals surface area contributed by atoms with Crippen molar-refractivity contribution in [2.75, 3.05) is 26.9 Å². The fourth-order valence-corrected chi connectivity index (χ4v) is 10.1. The summed E-state index contributed by atoms with van der Waals surface area (Å²) in [6.07, 6.45) is 1.84. The van der Waals surface area contributed by atoms with Gasteiger partial charge in [0.05, 0.1) is 43.8 Å². The van der Waals surface area contributed by atoms with E-state index in [0.717, 1.165) is 0 Å². The molecule has 1 atom stereocenters. The number of hydrogen-bond acceptors (Lipinski definition) is 8. The normalized spacial score (nSPS) is 12.7. The number of hydrogen-bond donors (Lipinski definition) is 0. The molecule has 0 aliphatic carbocycles. The maximum Gasteiger partial charge on any atom is 0.349 e. The summed E-state index contributed by atoms with van der Waals surface area (Å²) in [4.78, 5) is 21.3. The summed E-state index contributed by atoms with van der Waals surface area (Å²) in [7, 11) is -1.41. The van der Waals surface area contributed by atoms with Crippen molar-refractivity contribution in [2.24, 2.45) is 0 Å². The molecule has 0 amide bonds. The number of rotatable bonds is 12. The Labute approximate surface area is 262 Å². The highest BCUT2D eigenvalue weighted by atomic mass is 35.5. The second-order valence-electron chi connectivity index (χ2n) is 11.1. The molecule has 9 nitrogen and oxygen atoms in total. The van der Waals surface area contributed by atoms with Gasteiger partial charge in [-0.05, 0) is 27.5 Å². The van der Waals surface area contributed by atoms with E-state index in [2.05, 4.69) is 60.1 Å². The summed E-state index contributed by atoms with van der Waals surface area (Å²) < 4.78 is 25.5. The van der Waals surface area contributed by atoms with Crippen LogP contribution in [0.15, 0.2) is 97.5 Å². The van der Waals surface area contributed by atoms with Gasteiger partial charge in [0.1, 0.15) is 11.7 Å². The first-order valence-corrected chi connectivity index (χ1v) is 16.6. The molecule has 2 heterocycles. The molecule has 0 bridgehead atoms. The molecule has 0 saturated carbocycles. The van der Waals surface area contributed by atoms with Crippen molar-refractivity contribution in [3.63, 3.8) is 0 Å². The van der Waals surface area contributed by atoms with Crippen LogP contribution in [0, 0.1) is 0 Å². The first-order chi connectivity index (χ1) is 21.3. The first-order valence-electron chi connectivity index (χ1n) is 14.3. The van der Waals surface area contributed by atoms with Crippen molar-refractivity contribution in [2.45, 2.75) is 31.9 Å². The maximum absolute atomic E-state index is 12.7. The quantitative estimate of drug-likeness (QED) is 0.108. The van der Waals surface area contributed by atoms with E-state index in [1.807, 2.05) is 54.6 Å². The van der Waals surface area contributed by atoms with Gasteiger partial charge in [-0.25, -0.2) is 19.4 Å². The highest BCUT2D eigenvalue weighted by molar-refractivity contribution is 6.99. The number of nitrogens with zero attached hydrogens (tertiary/aromatic N) is 4. The standard InChI is InChI=1S/C33H35ClN4O5Si/c1-33(2,3)44(24-13-7-5-8-14-24,25-15-9-6-10-16-25)42-20-19-41-22-29(32(39)40-4)43-31-26-21-37-38(30(26)35-23-36-31)28-18-12-11-17-27(28)34/h5-18,21,23,29H,19-20,22H2,1-4H3/t29-/m0/s1. The minimum Gasteiger partial charge on any atom is -0.466 e. The molecule has 0 radical (unpaired) electrons. The average molecular weight is 631 g/mol. The Balaban J connectivity index is 1.31. The number of benzene rings is 3. The molecule has 0 N–H and O–H groups in total. The van der Waals surface area contributed by atoms with Crippen LogP contribution in [0.4, 0.5) is 0 Å². The lowest BCUT2D eigenvalue weighted by molar-refractivity contribution is -0.152. The number of para-hydroxylation sites is 1. The van der Waals surface area contributed by atoms with Crippen molar-refractivity contribution in [1.82, 2.24) is 19.7 Å². The summed E-state index contributed by atoms with van der Waals surface area (Å²) in [5.41, 5.74) is 1.13. The van der Waals surface area contributed by atoms with E-state index in [0.29, 0.717) is 28.4 Å². The molecular formula is C33H35ClN4O5Si. The Bertz CT molecular complexity index is 1660. The van der Waals surface area contributed by atoms with Crippen molar-refractivity contribution in [3.8, 4) is 11.6 Å². The first kappa shape index (κ1) is 31.3. The van der Waals surface area contributed by atoms with Gasteiger partial charge in [0, 0.05) is 0 Å². The van der Waals surface area contributed by atoms with E-state index in [9.17, 15) is 4.79 Å². The average Bonchev–Trinajstić information content (AvgIpc) is 3.47. The zero-order chi connectivity index (χ0) is 31.2. The number of carbonyl (C=O) groups excluding carboxylic acids is 1. The molecule has 2 aromatic heterocycles. The molecule has 0 spiro atoms. The lowest BCUT2D eigenvalue weighted by Crippen LogP contribution is -2.66. The highest BCUT2D eigenvalue weighted by Crippen LogP contribution is 2.36. The summed E-state index contributed by atoms with van der Waals surface area (Å²) in [5, 5.41) is 7.65. The molecule has 0 unspecified atom stereocenters. The Morgan fingerprint density at radius 1 is 0.909 bits per heavy atom. The third-order valence-corrected chi connectivity index (χ3v) is 12.7. The topological polar surface area (TPSA) is 97.6 Å².